The second-order valence-electron chi connectivity index (χ2n) is 8.07. The lowest BCUT2D eigenvalue weighted by molar-refractivity contribution is 0.281. The summed E-state index contributed by atoms with van der Waals surface area (Å²) >= 11 is 0. The number of benzene rings is 1. The molecule has 2 aromatic rings. The molecule has 28 heavy (non-hydrogen) atoms. The minimum Gasteiger partial charge on any atom is -0.357 e. The molecule has 1 aromatic carbocycles. The van der Waals surface area contributed by atoms with Gasteiger partial charge in [-0.2, -0.15) is 5.10 Å². The van der Waals surface area contributed by atoms with Crippen LogP contribution in [0.15, 0.2) is 35.3 Å². The van der Waals surface area contributed by atoms with Crippen molar-refractivity contribution in [3.63, 3.8) is 0 Å². The average Bonchev–Trinajstić information content (AvgIpc) is 3.08. The number of nitrogens with two attached hydrogens (primary N) is 1. The second kappa shape index (κ2) is 8.88. The van der Waals surface area contributed by atoms with Crippen molar-refractivity contribution in [2.45, 2.75) is 64.3 Å². The van der Waals surface area contributed by atoms with Crippen LogP contribution in [0.25, 0.3) is 17.5 Å². The third-order valence-electron chi connectivity index (χ3n) is 5.84. The predicted molar refractivity (Wildman–Crippen MR) is 113 cm³/mol. The molecule has 1 atom stereocenters. The Morgan fingerprint density at radius 1 is 1.18 bits per heavy atom. The van der Waals surface area contributed by atoms with Crippen molar-refractivity contribution in [1.29, 1.82) is 0 Å². The first-order valence-corrected chi connectivity index (χ1v) is 10.7. The zero-order chi connectivity index (χ0) is 19.3. The molecule has 1 aromatic heterocycles. The number of nitrogens with zero attached hydrogens (tertiary/aromatic N) is 3. The minimum atomic E-state index is -0.0853. The highest BCUT2D eigenvalue weighted by atomic mass is 15.3. The molecule has 1 saturated carbocycles. The van der Waals surface area contributed by atoms with Gasteiger partial charge in [0.2, 0.25) is 0 Å². The molecule has 150 valence electrons. The van der Waals surface area contributed by atoms with Crippen LogP contribution >= 0.6 is 0 Å². The number of rotatable bonds is 7. The summed E-state index contributed by atoms with van der Waals surface area (Å²) in [5.74, 6) is 0.629. The van der Waals surface area contributed by atoms with Crippen LogP contribution < -0.4 is 27.1 Å². The molecule has 1 fully saturated rings. The first-order chi connectivity index (χ1) is 13.7. The Bertz CT molecular complexity index is 880. The lowest BCUT2D eigenvalue weighted by atomic mass is 9.86. The van der Waals surface area contributed by atoms with E-state index in [0.29, 0.717) is 12.0 Å². The van der Waals surface area contributed by atoms with Crippen molar-refractivity contribution in [2.24, 2.45) is 16.6 Å². The van der Waals surface area contributed by atoms with E-state index in [1.807, 2.05) is 6.07 Å². The monoisotopic (exact) mass is 380 g/mol. The van der Waals surface area contributed by atoms with Crippen LogP contribution in [0, 0.1) is 5.92 Å². The smallest absolute Gasteiger partial charge is 0.175 e. The highest BCUT2D eigenvalue weighted by molar-refractivity contribution is 5.60. The number of hydrogen-bond acceptors (Lipinski definition) is 5. The van der Waals surface area contributed by atoms with Gasteiger partial charge in [-0.15, -0.1) is 0 Å². The summed E-state index contributed by atoms with van der Waals surface area (Å²) in [4.78, 5) is 4.97. The molecule has 4 N–H and O–H groups in total. The van der Waals surface area contributed by atoms with Crippen molar-refractivity contribution in [1.82, 2.24) is 20.4 Å². The molecule has 1 aliphatic heterocycles. The summed E-state index contributed by atoms with van der Waals surface area (Å²) in [5.41, 5.74) is 9.22. The van der Waals surface area contributed by atoms with Gasteiger partial charge in [0.05, 0.1) is 5.22 Å². The van der Waals surface area contributed by atoms with Crippen molar-refractivity contribution >= 4 is 6.20 Å². The van der Waals surface area contributed by atoms with E-state index in [0.717, 1.165) is 54.3 Å². The molecule has 0 amide bonds. The van der Waals surface area contributed by atoms with E-state index in [4.69, 9.17) is 15.8 Å². The molecule has 0 bridgehead atoms. The normalized spacial score (nSPS) is 24.0. The number of nitrogens with one attached hydrogen (secondary N) is 2. The van der Waals surface area contributed by atoms with Gasteiger partial charge in [0.1, 0.15) is 5.69 Å². The first-order valence-electron chi connectivity index (χ1n) is 10.7. The first kappa shape index (κ1) is 19.2. The molecular weight excluding hydrogens is 348 g/mol. The van der Waals surface area contributed by atoms with Crippen molar-refractivity contribution in [3.05, 3.63) is 41.0 Å². The van der Waals surface area contributed by atoms with Gasteiger partial charge in [-0.25, -0.2) is 9.67 Å². The van der Waals surface area contributed by atoms with Gasteiger partial charge >= 0.3 is 0 Å². The summed E-state index contributed by atoms with van der Waals surface area (Å²) in [6, 6.07) is 10.8. The van der Waals surface area contributed by atoms with Crippen molar-refractivity contribution in [3.8, 4) is 11.3 Å². The Hall–Kier alpha value is -2.18. The second-order valence-corrected chi connectivity index (χ2v) is 8.07. The summed E-state index contributed by atoms with van der Waals surface area (Å²) in [5, 5.41) is 13.0. The fourth-order valence-corrected chi connectivity index (χ4v) is 4.13. The van der Waals surface area contributed by atoms with E-state index in [9.17, 15) is 0 Å². The quantitative estimate of drug-likeness (QED) is 0.639. The largest absolute Gasteiger partial charge is 0.357 e. The molecule has 6 nitrogen and oxygen atoms in total. The Morgan fingerprint density at radius 2 is 1.96 bits per heavy atom. The third-order valence-corrected chi connectivity index (χ3v) is 5.84. The zero-order valence-electron chi connectivity index (χ0n) is 16.8. The van der Waals surface area contributed by atoms with E-state index >= 15 is 0 Å². The molecule has 0 radical (unpaired) electrons. The number of hydrogen-bond donors (Lipinski definition) is 3. The maximum Gasteiger partial charge on any atom is 0.175 e. The standard InChI is InChI=1S/C22H32N6/c1-2-3-13-24-22-25-14-19-20(17-7-5-4-6-8-17)27-28(21(19)26-22)15-16-9-11-18(23)12-10-16/h4-8,14,16,18,22,24-25H,2-3,9-13,15,23H2,1H3. The Kier molecular flexibility index (Phi) is 6.07. The van der Waals surface area contributed by atoms with Crippen LogP contribution in [0.5, 0.6) is 0 Å². The Balaban J connectivity index is 1.65. The molecule has 2 heterocycles. The lowest BCUT2D eigenvalue weighted by Gasteiger charge is -2.26. The average molecular weight is 381 g/mol. The molecule has 0 spiro atoms. The van der Waals surface area contributed by atoms with Crippen LogP contribution in [-0.2, 0) is 6.54 Å². The molecule has 4 rings (SSSR count). The van der Waals surface area contributed by atoms with Gasteiger partial charge < -0.3 is 11.1 Å². The Labute approximate surface area is 166 Å². The third kappa shape index (κ3) is 4.28. The summed E-state index contributed by atoms with van der Waals surface area (Å²) in [6.07, 6.45) is 8.91. The van der Waals surface area contributed by atoms with E-state index in [-0.39, 0.29) is 6.29 Å². The van der Waals surface area contributed by atoms with Crippen LogP contribution in [0.3, 0.4) is 0 Å². The summed E-state index contributed by atoms with van der Waals surface area (Å²) < 4.78 is 2.13. The fourth-order valence-electron chi connectivity index (χ4n) is 4.13. The molecule has 6 heteroatoms. The van der Waals surface area contributed by atoms with Gasteiger partial charge in [0.15, 0.2) is 11.8 Å². The van der Waals surface area contributed by atoms with E-state index in [1.54, 1.807) is 0 Å². The molecule has 0 saturated heterocycles. The number of unbranched alkanes of at least 4 members (excludes halogenated alkanes) is 1. The van der Waals surface area contributed by atoms with Gasteiger partial charge in [-0.3, -0.25) is 5.32 Å². The molecule has 2 aliphatic rings. The van der Waals surface area contributed by atoms with Gasteiger partial charge in [0.25, 0.3) is 0 Å². The van der Waals surface area contributed by atoms with Crippen LogP contribution in [0.2, 0.25) is 0 Å². The minimum absolute atomic E-state index is 0.0853. The zero-order valence-corrected chi connectivity index (χ0v) is 16.8. The van der Waals surface area contributed by atoms with E-state index in [2.05, 4.69) is 52.7 Å². The van der Waals surface area contributed by atoms with Gasteiger partial charge in [-0.1, -0.05) is 43.7 Å². The number of fused-ring (bicyclic) bond motifs is 1. The van der Waals surface area contributed by atoms with Gasteiger partial charge in [0, 0.05) is 24.4 Å². The SMILES string of the molecule is CCCCNC1N=c2c(c(-c3ccccc3)nn2CC2CCC(N)CC2)=CN1. The van der Waals surface area contributed by atoms with Crippen LogP contribution in [0.4, 0.5) is 0 Å². The molecule has 1 unspecified atom stereocenters. The van der Waals surface area contributed by atoms with Crippen LogP contribution in [-0.4, -0.2) is 28.7 Å². The van der Waals surface area contributed by atoms with E-state index in [1.165, 1.54) is 19.3 Å². The lowest BCUT2D eigenvalue weighted by Crippen LogP contribution is -2.48. The highest BCUT2D eigenvalue weighted by Gasteiger charge is 2.22. The fraction of sp³-hybridized carbons (Fsp3) is 0.545. The Morgan fingerprint density at radius 3 is 2.71 bits per heavy atom. The number of aromatic nitrogens is 2. The summed E-state index contributed by atoms with van der Waals surface area (Å²) in [6.45, 7) is 4.08. The molecular formula is C22H32N6. The predicted octanol–water partition coefficient (Wildman–Crippen LogP) is 1.70. The molecule has 1 aliphatic carbocycles. The summed E-state index contributed by atoms with van der Waals surface area (Å²) in [7, 11) is 0. The van der Waals surface area contributed by atoms with Crippen LogP contribution in [0.1, 0.15) is 45.4 Å². The highest BCUT2D eigenvalue weighted by Crippen LogP contribution is 2.24. The van der Waals surface area contributed by atoms with E-state index < -0.39 is 0 Å². The van der Waals surface area contributed by atoms with Gasteiger partial charge in [-0.05, 0) is 44.6 Å². The maximum absolute atomic E-state index is 6.09. The topological polar surface area (TPSA) is 80.3 Å². The van der Waals surface area contributed by atoms with Crippen molar-refractivity contribution < 1.29 is 0 Å². The van der Waals surface area contributed by atoms with Crippen molar-refractivity contribution in [2.75, 3.05) is 6.54 Å². The maximum atomic E-state index is 6.09.